The summed E-state index contributed by atoms with van der Waals surface area (Å²) in [4.78, 5) is 0. The first-order valence-electron chi connectivity index (χ1n) is 7.21. The number of benzene rings is 2. The SMILES string of the molecule is Cc1ccc2c(c1)c1c(n2C)-c2ccccc2C1(C)C. The molecular weight excluding hydrogens is 242 g/mol. The number of rotatable bonds is 0. The Labute approximate surface area is 119 Å². The first-order chi connectivity index (χ1) is 9.51. The average molecular weight is 261 g/mol. The van der Waals surface area contributed by atoms with Gasteiger partial charge >= 0.3 is 0 Å². The molecule has 0 saturated heterocycles. The van der Waals surface area contributed by atoms with Gasteiger partial charge in [-0.1, -0.05) is 49.7 Å². The molecule has 4 rings (SSSR count). The Bertz CT molecular complexity index is 850. The van der Waals surface area contributed by atoms with E-state index in [0.717, 1.165) is 0 Å². The van der Waals surface area contributed by atoms with Gasteiger partial charge in [0.1, 0.15) is 0 Å². The number of aromatic nitrogens is 1. The van der Waals surface area contributed by atoms with Crippen molar-refractivity contribution in [2.45, 2.75) is 26.2 Å². The highest BCUT2D eigenvalue weighted by atomic mass is 15.0. The molecule has 0 N–H and O–H groups in total. The first-order valence-corrected chi connectivity index (χ1v) is 7.21. The summed E-state index contributed by atoms with van der Waals surface area (Å²) in [7, 11) is 2.19. The summed E-state index contributed by atoms with van der Waals surface area (Å²) in [5.41, 5.74) is 8.47. The van der Waals surface area contributed by atoms with E-state index >= 15 is 0 Å². The monoisotopic (exact) mass is 261 g/mol. The molecule has 1 heteroatoms. The average Bonchev–Trinajstić information content (AvgIpc) is 2.84. The van der Waals surface area contributed by atoms with E-state index in [4.69, 9.17) is 0 Å². The van der Waals surface area contributed by atoms with E-state index in [1.54, 1.807) is 0 Å². The van der Waals surface area contributed by atoms with Crippen molar-refractivity contribution in [1.82, 2.24) is 4.57 Å². The molecule has 20 heavy (non-hydrogen) atoms. The quantitative estimate of drug-likeness (QED) is 0.548. The smallest absolute Gasteiger partial charge is 0.0533 e. The van der Waals surface area contributed by atoms with Gasteiger partial charge in [-0.05, 0) is 30.2 Å². The molecule has 0 spiro atoms. The zero-order valence-electron chi connectivity index (χ0n) is 12.5. The van der Waals surface area contributed by atoms with Crippen LogP contribution in [0.3, 0.4) is 0 Å². The van der Waals surface area contributed by atoms with Gasteiger partial charge in [-0.3, -0.25) is 0 Å². The van der Waals surface area contributed by atoms with E-state index in [0.29, 0.717) is 0 Å². The van der Waals surface area contributed by atoms with Crippen molar-refractivity contribution in [3.8, 4) is 11.3 Å². The Morgan fingerprint density at radius 3 is 2.55 bits per heavy atom. The summed E-state index contributed by atoms with van der Waals surface area (Å²) in [5.74, 6) is 0. The third-order valence-corrected chi connectivity index (χ3v) is 4.84. The van der Waals surface area contributed by atoms with Crippen molar-refractivity contribution < 1.29 is 0 Å². The molecule has 0 bridgehead atoms. The second-order valence-electron chi connectivity index (χ2n) is 6.47. The predicted octanol–water partition coefficient (Wildman–Crippen LogP) is 4.79. The lowest BCUT2D eigenvalue weighted by Gasteiger charge is -2.21. The standard InChI is InChI=1S/C19H19N/c1-12-9-10-16-14(11-12)17-18(20(16)4)13-7-5-6-8-15(13)19(17,2)3/h5-11H,1-4H3. The van der Waals surface area contributed by atoms with Gasteiger partial charge in [0.05, 0.1) is 5.69 Å². The maximum Gasteiger partial charge on any atom is 0.0533 e. The first kappa shape index (κ1) is 11.8. The van der Waals surface area contributed by atoms with Gasteiger partial charge < -0.3 is 4.57 Å². The molecule has 0 atom stereocenters. The number of hydrogen-bond acceptors (Lipinski definition) is 0. The third kappa shape index (κ3) is 1.23. The van der Waals surface area contributed by atoms with Crippen LogP contribution in [0.5, 0.6) is 0 Å². The van der Waals surface area contributed by atoms with E-state index in [9.17, 15) is 0 Å². The Hall–Kier alpha value is -2.02. The van der Waals surface area contributed by atoms with Crippen molar-refractivity contribution >= 4 is 10.9 Å². The fraction of sp³-hybridized carbons (Fsp3) is 0.263. The molecule has 1 aromatic heterocycles. The van der Waals surface area contributed by atoms with Gasteiger partial charge in [0.2, 0.25) is 0 Å². The molecule has 1 heterocycles. The predicted molar refractivity (Wildman–Crippen MR) is 85.2 cm³/mol. The van der Waals surface area contributed by atoms with Crippen molar-refractivity contribution in [3.63, 3.8) is 0 Å². The maximum atomic E-state index is 2.36. The van der Waals surface area contributed by atoms with Gasteiger partial charge in [0, 0.05) is 28.9 Å². The molecule has 3 aromatic rings. The van der Waals surface area contributed by atoms with Crippen LogP contribution in [0.1, 0.15) is 30.5 Å². The van der Waals surface area contributed by atoms with Crippen LogP contribution in [0.4, 0.5) is 0 Å². The molecule has 0 radical (unpaired) electrons. The minimum atomic E-state index is 0.0826. The van der Waals surface area contributed by atoms with E-state index in [2.05, 4.69) is 74.9 Å². The molecule has 0 unspecified atom stereocenters. The Morgan fingerprint density at radius 1 is 1.00 bits per heavy atom. The summed E-state index contributed by atoms with van der Waals surface area (Å²) in [5, 5.41) is 1.41. The van der Waals surface area contributed by atoms with Crippen LogP contribution in [0, 0.1) is 6.92 Å². The van der Waals surface area contributed by atoms with Crippen LogP contribution in [0.25, 0.3) is 22.2 Å². The van der Waals surface area contributed by atoms with Crippen molar-refractivity contribution in [3.05, 3.63) is 59.2 Å². The molecule has 0 fully saturated rings. The Kier molecular flexibility index (Phi) is 2.09. The lowest BCUT2D eigenvalue weighted by atomic mass is 9.81. The number of hydrogen-bond donors (Lipinski definition) is 0. The molecule has 1 nitrogen and oxygen atoms in total. The normalized spacial score (nSPS) is 15.4. The molecule has 0 aliphatic heterocycles. The lowest BCUT2D eigenvalue weighted by molar-refractivity contribution is 0.666. The Balaban J connectivity index is 2.24. The molecule has 1 aliphatic carbocycles. The topological polar surface area (TPSA) is 4.93 Å². The fourth-order valence-electron chi connectivity index (χ4n) is 3.88. The van der Waals surface area contributed by atoms with Crippen molar-refractivity contribution in [2.75, 3.05) is 0 Å². The van der Waals surface area contributed by atoms with E-state index in [1.807, 2.05) is 0 Å². The van der Waals surface area contributed by atoms with Gasteiger partial charge in [0.15, 0.2) is 0 Å². The minimum Gasteiger partial charge on any atom is -0.343 e. The highest BCUT2D eigenvalue weighted by molar-refractivity contribution is 5.97. The second kappa shape index (κ2) is 3.54. The number of fused-ring (bicyclic) bond motifs is 5. The van der Waals surface area contributed by atoms with Crippen molar-refractivity contribution in [1.29, 1.82) is 0 Å². The number of nitrogens with zero attached hydrogens (tertiary/aromatic N) is 1. The van der Waals surface area contributed by atoms with Crippen LogP contribution >= 0.6 is 0 Å². The largest absolute Gasteiger partial charge is 0.343 e. The fourth-order valence-corrected chi connectivity index (χ4v) is 3.88. The van der Waals surface area contributed by atoms with Gasteiger partial charge in [0.25, 0.3) is 0 Å². The summed E-state index contributed by atoms with van der Waals surface area (Å²) in [6.45, 7) is 6.87. The highest BCUT2D eigenvalue weighted by Gasteiger charge is 2.39. The summed E-state index contributed by atoms with van der Waals surface area (Å²) < 4.78 is 2.36. The molecule has 2 aromatic carbocycles. The van der Waals surface area contributed by atoms with Crippen LogP contribution in [0.15, 0.2) is 42.5 Å². The van der Waals surface area contributed by atoms with Gasteiger partial charge in [-0.25, -0.2) is 0 Å². The summed E-state index contributed by atoms with van der Waals surface area (Å²) in [6, 6.07) is 15.6. The van der Waals surface area contributed by atoms with Crippen LogP contribution in [0.2, 0.25) is 0 Å². The van der Waals surface area contributed by atoms with E-state index in [1.165, 1.54) is 38.9 Å². The number of aryl methyl sites for hydroxylation is 2. The minimum absolute atomic E-state index is 0.0826. The molecule has 100 valence electrons. The Morgan fingerprint density at radius 2 is 1.75 bits per heavy atom. The van der Waals surface area contributed by atoms with Crippen molar-refractivity contribution in [2.24, 2.45) is 7.05 Å². The van der Waals surface area contributed by atoms with E-state index in [-0.39, 0.29) is 5.41 Å². The summed E-state index contributed by atoms with van der Waals surface area (Å²) >= 11 is 0. The van der Waals surface area contributed by atoms with Crippen LogP contribution < -0.4 is 0 Å². The lowest BCUT2D eigenvalue weighted by Crippen LogP contribution is -2.14. The second-order valence-corrected chi connectivity index (χ2v) is 6.47. The van der Waals surface area contributed by atoms with E-state index < -0.39 is 0 Å². The zero-order valence-corrected chi connectivity index (χ0v) is 12.5. The highest BCUT2D eigenvalue weighted by Crippen LogP contribution is 2.52. The molecule has 1 aliphatic rings. The molecule has 0 amide bonds. The van der Waals surface area contributed by atoms with Crippen LogP contribution in [-0.4, -0.2) is 4.57 Å². The maximum absolute atomic E-state index is 2.36. The summed E-state index contributed by atoms with van der Waals surface area (Å²) in [6.07, 6.45) is 0. The van der Waals surface area contributed by atoms with Crippen LogP contribution in [-0.2, 0) is 12.5 Å². The van der Waals surface area contributed by atoms with Gasteiger partial charge in [-0.2, -0.15) is 0 Å². The molecule has 0 saturated carbocycles. The zero-order chi connectivity index (χ0) is 14.1. The third-order valence-electron chi connectivity index (χ3n) is 4.84. The molecular formula is C19H19N. The van der Waals surface area contributed by atoms with Gasteiger partial charge in [-0.15, -0.1) is 0 Å².